The molecule has 1 amide bonds. The highest BCUT2D eigenvalue weighted by molar-refractivity contribution is 5.95. The van der Waals surface area contributed by atoms with Gasteiger partial charge in [0, 0.05) is 28.2 Å². The Morgan fingerprint density at radius 1 is 1.00 bits per heavy atom. The Balaban J connectivity index is 1.81. The van der Waals surface area contributed by atoms with E-state index in [1.165, 1.54) is 7.11 Å². The maximum atomic E-state index is 12.2. The Morgan fingerprint density at radius 3 is 2.41 bits per heavy atom. The molecule has 0 aliphatic rings. The molecule has 29 heavy (non-hydrogen) atoms. The van der Waals surface area contributed by atoms with E-state index in [0.717, 1.165) is 28.2 Å². The van der Waals surface area contributed by atoms with E-state index >= 15 is 0 Å². The molecule has 0 aliphatic carbocycles. The molecule has 0 fully saturated rings. The Labute approximate surface area is 169 Å². The first kappa shape index (κ1) is 20.1. The number of amides is 1. The fourth-order valence-corrected chi connectivity index (χ4v) is 3.14. The minimum Gasteiger partial charge on any atom is -0.465 e. The van der Waals surface area contributed by atoms with E-state index in [2.05, 4.69) is 10.5 Å². The highest BCUT2D eigenvalue weighted by Gasteiger charge is 2.12. The SMILES string of the molecule is COC(=O)c1cccc(-n2c(C)cc(/C=N\NC(=O)c3ccc(C)cc3)c2C)c1. The van der Waals surface area contributed by atoms with Crippen LogP contribution in [0.15, 0.2) is 59.7 Å². The molecular weight excluding hydrogens is 366 g/mol. The number of methoxy groups -OCH3 is 1. The maximum Gasteiger partial charge on any atom is 0.337 e. The second kappa shape index (κ2) is 8.56. The fraction of sp³-hybridized carbons (Fsp3) is 0.174. The summed E-state index contributed by atoms with van der Waals surface area (Å²) in [5, 5.41) is 4.10. The van der Waals surface area contributed by atoms with Gasteiger partial charge in [-0.1, -0.05) is 23.8 Å². The second-order valence-electron chi connectivity index (χ2n) is 6.77. The van der Waals surface area contributed by atoms with Crippen molar-refractivity contribution in [1.82, 2.24) is 9.99 Å². The van der Waals surface area contributed by atoms with Crippen molar-refractivity contribution in [2.24, 2.45) is 5.10 Å². The quantitative estimate of drug-likeness (QED) is 0.408. The first-order valence-electron chi connectivity index (χ1n) is 9.18. The van der Waals surface area contributed by atoms with Gasteiger partial charge in [-0.05, 0) is 57.2 Å². The predicted octanol–water partition coefficient (Wildman–Crippen LogP) is 3.95. The number of carbonyl (C=O) groups is 2. The highest BCUT2D eigenvalue weighted by Crippen LogP contribution is 2.21. The van der Waals surface area contributed by atoms with Crippen LogP contribution in [0.4, 0.5) is 0 Å². The van der Waals surface area contributed by atoms with Crippen molar-refractivity contribution < 1.29 is 14.3 Å². The van der Waals surface area contributed by atoms with Crippen LogP contribution in [0, 0.1) is 20.8 Å². The number of nitrogens with zero attached hydrogens (tertiary/aromatic N) is 2. The lowest BCUT2D eigenvalue weighted by atomic mass is 10.1. The number of carbonyl (C=O) groups excluding carboxylic acids is 2. The number of benzene rings is 2. The highest BCUT2D eigenvalue weighted by atomic mass is 16.5. The summed E-state index contributed by atoms with van der Waals surface area (Å²) in [5.41, 5.74) is 8.33. The van der Waals surface area contributed by atoms with Crippen molar-refractivity contribution >= 4 is 18.1 Å². The van der Waals surface area contributed by atoms with Crippen molar-refractivity contribution in [2.45, 2.75) is 20.8 Å². The molecule has 2 aromatic carbocycles. The van der Waals surface area contributed by atoms with Crippen molar-refractivity contribution in [3.05, 3.63) is 88.2 Å². The zero-order valence-electron chi connectivity index (χ0n) is 16.9. The zero-order valence-corrected chi connectivity index (χ0v) is 16.9. The number of nitrogens with one attached hydrogen (secondary N) is 1. The van der Waals surface area contributed by atoms with Gasteiger partial charge in [0.15, 0.2) is 0 Å². The van der Waals surface area contributed by atoms with E-state index in [4.69, 9.17) is 4.74 Å². The average Bonchev–Trinajstić information content (AvgIpc) is 3.01. The third-order valence-corrected chi connectivity index (χ3v) is 4.68. The smallest absolute Gasteiger partial charge is 0.337 e. The lowest BCUT2D eigenvalue weighted by Gasteiger charge is -2.10. The number of aryl methyl sites for hydroxylation is 2. The number of esters is 1. The monoisotopic (exact) mass is 389 g/mol. The van der Waals surface area contributed by atoms with Gasteiger partial charge in [0.1, 0.15) is 0 Å². The van der Waals surface area contributed by atoms with Gasteiger partial charge < -0.3 is 9.30 Å². The third kappa shape index (κ3) is 4.43. The molecule has 0 atom stereocenters. The summed E-state index contributed by atoms with van der Waals surface area (Å²) >= 11 is 0. The Morgan fingerprint density at radius 2 is 1.72 bits per heavy atom. The van der Waals surface area contributed by atoms with E-state index in [-0.39, 0.29) is 11.9 Å². The van der Waals surface area contributed by atoms with Crippen LogP contribution in [0.3, 0.4) is 0 Å². The fourth-order valence-electron chi connectivity index (χ4n) is 3.14. The van der Waals surface area contributed by atoms with Crippen LogP contribution < -0.4 is 5.43 Å². The van der Waals surface area contributed by atoms with Crippen LogP contribution in [0.2, 0.25) is 0 Å². The van der Waals surface area contributed by atoms with Gasteiger partial charge in [-0.25, -0.2) is 10.2 Å². The van der Waals surface area contributed by atoms with E-state index < -0.39 is 0 Å². The van der Waals surface area contributed by atoms with Crippen LogP contribution in [-0.4, -0.2) is 29.8 Å². The molecule has 6 nitrogen and oxygen atoms in total. The Bertz CT molecular complexity index is 1080. The van der Waals surface area contributed by atoms with Crippen LogP contribution in [-0.2, 0) is 4.74 Å². The lowest BCUT2D eigenvalue weighted by molar-refractivity contribution is 0.0600. The molecular formula is C23H23N3O3. The van der Waals surface area contributed by atoms with Gasteiger partial charge in [0.25, 0.3) is 5.91 Å². The molecule has 0 saturated carbocycles. The van der Waals surface area contributed by atoms with Crippen molar-refractivity contribution in [3.8, 4) is 5.69 Å². The van der Waals surface area contributed by atoms with Gasteiger partial charge in [-0.3, -0.25) is 4.79 Å². The number of hydrazone groups is 1. The molecule has 0 unspecified atom stereocenters. The molecule has 6 heteroatoms. The van der Waals surface area contributed by atoms with Crippen molar-refractivity contribution in [1.29, 1.82) is 0 Å². The number of aromatic nitrogens is 1. The normalized spacial score (nSPS) is 10.9. The number of hydrogen-bond donors (Lipinski definition) is 1. The first-order chi connectivity index (χ1) is 13.9. The van der Waals surface area contributed by atoms with Gasteiger partial charge >= 0.3 is 5.97 Å². The standard InChI is InChI=1S/C23H23N3O3/c1-15-8-10-18(11-9-15)22(27)25-24-14-20-12-16(2)26(17(20)3)21-7-5-6-19(13-21)23(28)29-4/h5-14H,1-4H3,(H,25,27)/b24-14-. The molecule has 0 radical (unpaired) electrons. The topological polar surface area (TPSA) is 72.7 Å². The molecule has 0 aliphatic heterocycles. The lowest BCUT2D eigenvalue weighted by Crippen LogP contribution is -2.17. The molecule has 0 saturated heterocycles. The molecule has 0 bridgehead atoms. The second-order valence-corrected chi connectivity index (χ2v) is 6.77. The van der Waals surface area contributed by atoms with E-state index in [1.54, 1.807) is 30.5 Å². The van der Waals surface area contributed by atoms with Crippen LogP contribution >= 0.6 is 0 Å². The summed E-state index contributed by atoms with van der Waals surface area (Å²) in [7, 11) is 1.36. The van der Waals surface area contributed by atoms with Gasteiger partial charge in [0.05, 0.1) is 18.9 Å². The van der Waals surface area contributed by atoms with Crippen LogP contribution in [0.25, 0.3) is 5.69 Å². The summed E-state index contributed by atoms with van der Waals surface area (Å²) in [6.07, 6.45) is 1.62. The van der Waals surface area contributed by atoms with Gasteiger partial charge in [-0.15, -0.1) is 0 Å². The largest absolute Gasteiger partial charge is 0.465 e. The van der Waals surface area contributed by atoms with E-state index in [0.29, 0.717) is 11.1 Å². The van der Waals surface area contributed by atoms with E-state index in [9.17, 15) is 9.59 Å². The van der Waals surface area contributed by atoms with Gasteiger partial charge in [0.2, 0.25) is 0 Å². The summed E-state index contributed by atoms with van der Waals surface area (Å²) in [5.74, 6) is -0.643. The molecule has 1 aromatic heterocycles. The average molecular weight is 389 g/mol. The van der Waals surface area contributed by atoms with Crippen LogP contribution in [0.5, 0.6) is 0 Å². The maximum absolute atomic E-state index is 12.2. The summed E-state index contributed by atoms with van der Waals surface area (Å²) < 4.78 is 6.83. The Kier molecular flexibility index (Phi) is 5.93. The summed E-state index contributed by atoms with van der Waals surface area (Å²) in [4.78, 5) is 24.0. The first-order valence-corrected chi connectivity index (χ1v) is 9.18. The molecule has 0 spiro atoms. The Hall–Kier alpha value is -3.67. The molecule has 3 rings (SSSR count). The van der Waals surface area contributed by atoms with Gasteiger partial charge in [-0.2, -0.15) is 5.10 Å². The third-order valence-electron chi connectivity index (χ3n) is 4.68. The number of ether oxygens (including phenoxy) is 1. The van der Waals surface area contributed by atoms with Crippen molar-refractivity contribution in [2.75, 3.05) is 7.11 Å². The molecule has 1 N–H and O–H groups in total. The molecule has 3 aromatic rings. The predicted molar refractivity (Wildman–Crippen MR) is 113 cm³/mol. The minimum atomic E-state index is -0.380. The number of rotatable bonds is 5. The molecule has 1 heterocycles. The molecule has 148 valence electrons. The summed E-state index contributed by atoms with van der Waals surface area (Å²) in [6, 6.07) is 16.5. The number of hydrogen-bond acceptors (Lipinski definition) is 4. The zero-order chi connectivity index (χ0) is 21.0. The van der Waals surface area contributed by atoms with E-state index in [1.807, 2.05) is 55.7 Å². The van der Waals surface area contributed by atoms with Crippen molar-refractivity contribution in [3.63, 3.8) is 0 Å². The minimum absolute atomic E-state index is 0.263. The van der Waals surface area contributed by atoms with Crippen LogP contribution in [0.1, 0.15) is 43.2 Å². The summed E-state index contributed by atoms with van der Waals surface area (Å²) in [6.45, 7) is 5.90.